The highest BCUT2D eigenvalue weighted by Crippen LogP contribution is 2.36. The van der Waals surface area contributed by atoms with Gasteiger partial charge in [0.25, 0.3) is 0 Å². The summed E-state index contributed by atoms with van der Waals surface area (Å²) < 4.78 is 0. The highest BCUT2D eigenvalue weighted by molar-refractivity contribution is 6.31. The number of fused-ring (bicyclic) bond motifs is 1. The van der Waals surface area contributed by atoms with E-state index in [0.29, 0.717) is 11.4 Å². The number of hydrogen-bond acceptors (Lipinski definition) is 1. The second-order valence-corrected chi connectivity index (χ2v) is 5.58. The van der Waals surface area contributed by atoms with Crippen LogP contribution >= 0.6 is 11.6 Å². The van der Waals surface area contributed by atoms with Gasteiger partial charge in [0.15, 0.2) is 0 Å². The van der Waals surface area contributed by atoms with Crippen molar-refractivity contribution in [3.05, 3.63) is 64.2 Å². The highest BCUT2D eigenvalue weighted by atomic mass is 35.5. The second kappa shape index (κ2) is 5.29. The second-order valence-electron chi connectivity index (χ2n) is 5.15. The van der Waals surface area contributed by atoms with Crippen LogP contribution in [-0.2, 0) is 17.6 Å². The van der Waals surface area contributed by atoms with E-state index in [-0.39, 0.29) is 11.8 Å². The lowest BCUT2D eigenvalue weighted by Gasteiger charge is -2.09. The predicted molar refractivity (Wildman–Crippen MR) is 82.3 cm³/mol. The van der Waals surface area contributed by atoms with Gasteiger partial charge in [-0.05, 0) is 47.7 Å². The lowest BCUT2D eigenvalue weighted by atomic mass is 9.93. The monoisotopic (exact) mass is 285 g/mol. The summed E-state index contributed by atoms with van der Waals surface area (Å²) in [5, 5.41) is 3.59. The Balaban J connectivity index is 1.87. The van der Waals surface area contributed by atoms with E-state index < -0.39 is 0 Å². The number of aryl methyl sites for hydroxylation is 1. The topological polar surface area (TPSA) is 29.1 Å². The Morgan fingerprint density at radius 2 is 1.80 bits per heavy atom. The standard InChI is InChI=1S/C17H16ClNO/c1-2-11-3-5-12(6-4-11)9-15-14-10-13(18)7-8-16(14)19-17(15)20/h3-8,10,15H,2,9H2,1H3,(H,19,20)/t15-/m0/s1. The molecule has 2 nitrogen and oxygen atoms in total. The fourth-order valence-electron chi connectivity index (χ4n) is 2.65. The zero-order valence-corrected chi connectivity index (χ0v) is 12.1. The quantitative estimate of drug-likeness (QED) is 0.900. The van der Waals surface area contributed by atoms with Crippen LogP contribution in [0.4, 0.5) is 5.69 Å². The SMILES string of the molecule is CCc1ccc(C[C@@H]2C(=O)Nc3ccc(Cl)cc32)cc1. The molecule has 0 spiro atoms. The summed E-state index contributed by atoms with van der Waals surface area (Å²) in [7, 11) is 0. The maximum Gasteiger partial charge on any atom is 0.232 e. The summed E-state index contributed by atoms with van der Waals surface area (Å²) in [6, 6.07) is 14.0. The van der Waals surface area contributed by atoms with Gasteiger partial charge in [-0.1, -0.05) is 42.8 Å². The number of rotatable bonds is 3. The van der Waals surface area contributed by atoms with Gasteiger partial charge in [0.05, 0.1) is 5.92 Å². The molecule has 3 heteroatoms. The van der Waals surface area contributed by atoms with E-state index in [9.17, 15) is 4.79 Å². The number of benzene rings is 2. The molecule has 3 rings (SSSR count). The maximum absolute atomic E-state index is 12.1. The first kappa shape index (κ1) is 13.2. The molecule has 0 aromatic heterocycles. The van der Waals surface area contributed by atoms with Crippen LogP contribution in [0.5, 0.6) is 0 Å². The third kappa shape index (κ3) is 2.44. The number of carbonyl (C=O) groups is 1. The molecule has 0 bridgehead atoms. The van der Waals surface area contributed by atoms with Gasteiger partial charge in [-0.3, -0.25) is 4.79 Å². The fraction of sp³-hybridized carbons (Fsp3) is 0.235. The Morgan fingerprint density at radius 1 is 1.10 bits per heavy atom. The van der Waals surface area contributed by atoms with E-state index >= 15 is 0 Å². The molecular formula is C17H16ClNO. The average Bonchev–Trinajstić information content (AvgIpc) is 2.76. The summed E-state index contributed by atoms with van der Waals surface area (Å²) in [5.41, 5.74) is 4.37. The Morgan fingerprint density at radius 3 is 2.50 bits per heavy atom. The Hall–Kier alpha value is -1.80. The number of amides is 1. The summed E-state index contributed by atoms with van der Waals surface area (Å²) in [4.78, 5) is 12.1. The van der Waals surface area contributed by atoms with Crippen molar-refractivity contribution in [2.45, 2.75) is 25.7 Å². The number of carbonyl (C=O) groups excluding carboxylic acids is 1. The number of halogens is 1. The molecule has 1 aliphatic rings. The van der Waals surface area contributed by atoms with E-state index in [1.807, 2.05) is 12.1 Å². The Kier molecular flexibility index (Phi) is 3.49. The molecule has 1 N–H and O–H groups in total. The summed E-state index contributed by atoms with van der Waals surface area (Å²) in [5.74, 6) is -0.0852. The van der Waals surface area contributed by atoms with Gasteiger partial charge in [0, 0.05) is 10.7 Å². The van der Waals surface area contributed by atoms with Crippen molar-refractivity contribution in [1.29, 1.82) is 0 Å². The van der Waals surface area contributed by atoms with Gasteiger partial charge in [-0.25, -0.2) is 0 Å². The summed E-state index contributed by atoms with van der Waals surface area (Å²) >= 11 is 6.04. The minimum atomic E-state index is -0.142. The smallest absolute Gasteiger partial charge is 0.232 e. The summed E-state index contributed by atoms with van der Waals surface area (Å²) in [6.45, 7) is 2.14. The number of hydrogen-bond donors (Lipinski definition) is 1. The van der Waals surface area contributed by atoms with Crippen LogP contribution in [0.1, 0.15) is 29.5 Å². The first-order valence-electron chi connectivity index (χ1n) is 6.85. The van der Waals surface area contributed by atoms with E-state index in [0.717, 1.165) is 17.7 Å². The van der Waals surface area contributed by atoms with Gasteiger partial charge in [0.2, 0.25) is 5.91 Å². The first-order chi connectivity index (χ1) is 9.67. The lowest BCUT2D eigenvalue weighted by molar-refractivity contribution is -0.117. The molecule has 2 aromatic carbocycles. The molecule has 102 valence electrons. The van der Waals surface area contributed by atoms with Crippen LogP contribution in [0, 0.1) is 0 Å². The van der Waals surface area contributed by atoms with Crippen molar-refractivity contribution in [2.24, 2.45) is 0 Å². The number of nitrogens with one attached hydrogen (secondary N) is 1. The first-order valence-corrected chi connectivity index (χ1v) is 7.23. The van der Waals surface area contributed by atoms with E-state index in [4.69, 9.17) is 11.6 Å². The third-order valence-corrected chi connectivity index (χ3v) is 4.07. The van der Waals surface area contributed by atoms with Crippen LogP contribution in [0.3, 0.4) is 0 Å². The van der Waals surface area contributed by atoms with Gasteiger partial charge in [0.1, 0.15) is 0 Å². The fourth-order valence-corrected chi connectivity index (χ4v) is 2.83. The normalized spacial score (nSPS) is 16.9. The Labute approximate surface area is 123 Å². The van der Waals surface area contributed by atoms with Crippen LogP contribution in [0.25, 0.3) is 0 Å². The molecule has 0 saturated carbocycles. The van der Waals surface area contributed by atoms with Crippen molar-refractivity contribution < 1.29 is 4.79 Å². The largest absolute Gasteiger partial charge is 0.325 e. The van der Waals surface area contributed by atoms with Crippen LogP contribution in [0.15, 0.2) is 42.5 Å². The zero-order chi connectivity index (χ0) is 14.1. The molecule has 20 heavy (non-hydrogen) atoms. The Bertz CT molecular complexity index is 649. The van der Waals surface area contributed by atoms with Crippen LogP contribution < -0.4 is 5.32 Å². The molecule has 0 radical (unpaired) electrons. The predicted octanol–water partition coefficient (Wildman–Crippen LogP) is 4.18. The highest BCUT2D eigenvalue weighted by Gasteiger charge is 2.30. The summed E-state index contributed by atoms with van der Waals surface area (Å²) in [6.07, 6.45) is 1.74. The molecular weight excluding hydrogens is 270 g/mol. The number of anilines is 1. The van der Waals surface area contributed by atoms with Crippen molar-refractivity contribution >= 4 is 23.2 Å². The molecule has 0 unspecified atom stereocenters. The van der Waals surface area contributed by atoms with Gasteiger partial charge >= 0.3 is 0 Å². The molecule has 1 atom stereocenters. The van der Waals surface area contributed by atoms with E-state index in [1.165, 1.54) is 11.1 Å². The molecule has 1 amide bonds. The molecule has 2 aromatic rings. The molecule has 0 aliphatic carbocycles. The zero-order valence-electron chi connectivity index (χ0n) is 11.3. The molecule has 0 saturated heterocycles. The lowest BCUT2D eigenvalue weighted by Crippen LogP contribution is -2.14. The minimum Gasteiger partial charge on any atom is -0.325 e. The van der Waals surface area contributed by atoms with E-state index in [2.05, 4.69) is 36.5 Å². The minimum absolute atomic E-state index is 0.0573. The third-order valence-electron chi connectivity index (χ3n) is 3.83. The van der Waals surface area contributed by atoms with Crippen molar-refractivity contribution in [1.82, 2.24) is 0 Å². The van der Waals surface area contributed by atoms with Gasteiger partial charge in [-0.2, -0.15) is 0 Å². The molecule has 1 aliphatic heterocycles. The van der Waals surface area contributed by atoms with E-state index in [1.54, 1.807) is 6.07 Å². The maximum atomic E-state index is 12.1. The van der Waals surface area contributed by atoms with Gasteiger partial charge in [-0.15, -0.1) is 0 Å². The molecule has 0 fully saturated rings. The van der Waals surface area contributed by atoms with Crippen molar-refractivity contribution in [3.63, 3.8) is 0 Å². The van der Waals surface area contributed by atoms with Gasteiger partial charge < -0.3 is 5.32 Å². The van der Waals surface area contributed by atoms with Crippen molar-refractivity contribution in [3.8, 4) is 0 Å². The molecule has 1 heterocycles. The van der Waals surface area contributed by atoms with Crippen LogP contribution in [0.2, 0.25) is 5.02 Å². The van der Waals surface area contributed by atoms with Crippen LogP contribution in [-0.4, -0.2) is 5.91 Å². The van der Waals surface area contributed by atoms with Crippen molar-refractivity contribution in [2.75, 3.05) is 5.32 Å². The average molecular weight is 286 g/mol.